The van der Waals surface area contributed by atoms with E-state index >= 15 is 0 Å². The maximum absolute atomic E-state index is 5.43. The summed E-state index contributed by atoms with van der Waals surface area (Å²) in [5, 5.41) is 0. The molecular weight excluding hydrogens is 352 g/mol. The lowest BCUT2D eigenvalue weighted by Crippen LogP contribution is -1.94. The first-order chi connectivity index (χ1) is 13.6. The van der Waals surface area contributed by atoms with Crippen molar-refractivity contribution in [3.05, 3.63) is 57.7 Å². The molecule has 0 spiro atoms. The first-order valence-corrected chi connectivity index (χ1v) is 9.53. The Bertz CT molecular complexity index is 890. The maximum Gasteiger partial charge on any atom is 0.161 e. The Kier molecular flexibility index (Phi) is 5.03. The molecule has 28 heavy (non-hydrogen) atoms. The van der Waals surface area contributed by atoms with Crippen LogP contribution >= 0.6 is 0 Å². The van der Waals surface area contributed by atoms with E-state index in [0.717, 1.165) is 48.7 Å². The lowest BCUT2D eigenvalue weighted by Gasteiger charge is -2.10. The number of benzene rings is 2. The molecule has 0 heterocycles. The monoisotopic (exact) mass is 378 g/mol. The van der Waals surface area contributed by atoms with Crippen LogP contribution in [0.2, 0.25) is 0 Å². The van der Waals surface area contributed by atoms with Crippen LogP contribution in [0.4, 0.5) is 0 Å². The maximum atomic E-state index is 5.43. The highest BCUT2D eigenvalue weighted by Crippen LogP contribution is 2.39. The van der Waals surface area contributed by atoms with Crippen LogP contribution in [0.15, 0.2) is 35.4 Å². The van der Waals surface area contributed by atoms with E-state index in [-0.39, 0.29) is 0 Å². The molecule has 0 amide bonds. The van der Waals surface area contributed by atoms with Gasteiger partial charge in [0.2, 0.25) is 0 Å². The number of allylic oxidation sites excluding steroid dienone is 2. The van der Waals surface area contributed by atoms with Crippen molar-refractivity contribution in [3.8, 4) is 23.0 Å². The number of fused-ring (bicyclic) bond motifs is 2. The molecule has 0 unspecified atom stereocenters. The van der Waals surface area contributed by atoms with Crippen molar-refractivity contribution in [2.75, 3.05) is 28.4 Å². The van der Waals surface area contributed by atoms with Gasteiger partial charge in [0.05, 0.1) is 28.4 Å². The van der Waals surface area contributed by atoms with Gasteiger partial charge < -0.3 is 18.9 Å². The van der Waals surface area contributed by atoms with E-state index < -0.39 is 0 Å². The van der Waals surface area contributed by atoms with Gasteiger partial charge >= 0.3 is 0 Å². The zero-order valence-corrected chi connectivity index (χ0v) is 16.9. The Morgan fingerprint density at radius 1 is 0.571 bits per heavy atom. The van der Waals surface area contributed by atoms with Crippen LogP contribution in [0.25, 0.3) is 12.2 Å². The zero-order chi connectivity index (χ0) is 19.7. The fraction of sp³-hybridized carbons (Fsp3) is 0.333. The van der Waals surface area contributed by atoms with E-state index in [1.54, 1.807) is 28.4 Å². The van der Waals surface area contributed by atoms with Gasteiger partial charge in [-0.3, -0.25) is 0 Å². The summed E-state index contributed by atoms with van der Waals surface area (Å²) in [5.74, 6) is 3.17. The van der Waals surface area contributed by atoms with E-state index in [1.807, 2.05) is 0 Å². The molecule has 2 aromatic rings. The highest BCUT2D eigenvalue weighted by atomic mass is 16.5. The Morgan fingerprint density at radius 2 is 0.929 bits per heavy atom. The van der Waals surface area contributed by atoms with E-state index in [0.29, 0.717) is 0 Å². The molecule has 0 bridgehead atoms. The summed E-state index contributed by atoms with van der Waals surface area (Å²) in [6.45, 7) is 0. The molecule has 2 aromatic carbocycles. The summed E-state index contributed by atoms with van der Waals surface area (Å²) >= 11 is 0. The first-order valence-electron chi connectivity index (χ1n) is 9.53. The smallest absolute Gasteiger partial charge is 0.161 e. The van der Waals surface area contributed by atoms with Crippen molar-refractivity contribution in [2.24, 2.45) is 0 Å². The zero-order valence-electron chi connectivity index (χ0n) is 16.9. The van der Waals surface area contributed by atoms with E-state index in [4.69, 9.17) is 18.9 Å². The number of rotatable bonds is 7. The van der Waals surface area contributed by atoms with Gasteiger partial charge in [-0.25, -0.2) is 0 Å². The third-order valence-electron chi connectivity index (χ3n) is 5.61. The van der Waals surface area contributed by atoms with Gasteiger partial charge in [0, 0.05) is 0 Å². The second-order valence-electron chi connectivity index (χ2n) is 7.27. The van der Waals surface area contributed by atoms with Crippen molar-refractivity contribution in [1.29, 1.82) is 0 Å². The van der Waals surface area contributed by atoms with Gasteiger partial charge in [0.1, 0.15) is 0 Å². The van der Waals surface area contributed by atoms with Crippen LogP contribution in [-0.2, 0) is 12.8 Å². The molecule has 0 aromatic heterocycles. The van der Waals surface area contributed by atoms with Crippen LogP contribution in [0.1, 0.15) is 35.1 Å². The van der Waals surface area contributed by atoms with Crippen LogP contribution in [0.3, 0.4) is 0 Å². The normalized spacial score (nSPS) is 14.1. The molecule has 0 saturated carbocycles. The summed E-state index contributed by atoms with van der Waals surface area (Å²) in [5.41, 5.74) is 8.02. The minimum atomic E-state index is 0.788. The van der Waals surface area contributed by atoms with Gasteiger partial charge in [-0.05, 0) is 72.2 Å². The lowest BCUT2D eigenvalue weighted by atomic mass is 10.0. The highest BCUT2D eigenvalue weighted by molar-refractivity contribution is 5.69. The standard InChI is InChI=1S/C24H26O4/c1-25-21-11-17-7-15(8-18(17)12-22(21)26-2)5-6-16-9-19-13-23(27-3)24(28-4)14-20(19)10-16/h7,9,11-14H,5-6,8,10H2,1-4H3. The SMILES string of the molecule is COc1cc2c(cc1OC)CC(CCC1=Cc3cc(OC)c(OC)cc3C1)=C2. The number of hydrogen-bond donors (Lipinski definition) is 0. The van der Waals surface area contributed by atoms with Crippen LogP contribution < -0.4 is 18.9 Å². The quantitative estimate of drug-likeness (QED) is 0.673. The fourth-order valence-corrected chi connectivity index (χ4v) is 4.12. The molecule has 2 aliphatic rings. The van der Waals surface area contributed by atoms with Gasteiger partial charge in [-0.15, -0.1) is 0 Å². The summed E-state index contributed by atoms with van der Waals surface area (Å²) in [6.07, 6.45) is 8.69. The van der Waals surface area contributed by atoms with Crippen LogP contribution in [0.5, 0.6) is 23.0 Å². The number of methoxy groups -OCH3 is 4. The van der Waals surface area contributed by atoms with Crippen molar-refractivity contribution >= 4 is 12.2 Å². The second kappa shape index (κ2) is 7.63. The van der Waals surface area contributed by atoms with Gasteiger partial charge in [0.25, 0.3) is 0 Å². The van der Waals surface area contributed by atoms with Crippen LogP contribution in [-0.4, -0.2) is 28.4 Å². The molecule has 4 rings (SSSR count). The van der Waals surface area contributed by atoms with Crippen molar-refractivity contribution in [2.45, 2.75) is 25.7 Å². The summed E-state index contributed by atoms with van der Waals surface area (Å²) in [6, 6.07) is 8.34. The van der Waals surface area contributed by atoms with E-state index in [2.05, 4.69) is 36.4 Å². The summed E-state index contributed by atoms with van der Waals surface area (Å²) in [4.78, 5) is 0. The molecule has 0 aliphatic heterocycles. The Labute approximate surface area is 166 Å². The molecular formula is C24H26O4. The number of ether oxygens (including phenoxy) is 4. The van der Waals surface area contributed by atoms with Gasteiger partial charge in [0.15, 0.2) is 23.0 Å². The predicted molar refractivity (Wildman–Crippen MR) is 112 cm³/mol. The minimum Gasteiger partial charge on any atom is -0.493 e. The first kappa shape index (κ1) is 18.5. The van der Waals surface area contributed by atoms with Gasteiger partial charge in [-0.2, -0.15) is 0 Å². The molecule has 4 nitrogen and oxygen atoms in total. The van der Waals surface area contributed by atoms with E-state index in [1.165, 1.54) is 33.4 Å². The third kappa shape index (κ3) is 3.35. The minimum absolute atomic E-state index is 0.788. The average molecular weight is 378 g/mol. The Balaban J connectivity index is 1.44. The molecule has 0 saturated heterocycles. The second-order valence-corrected chi connectivity index (χ2v) is 7.27. The Hall–Kier alpha value is -2.88. The molecule has 0 N–H and O–H groups in total. The lowest BCUT2D eigenvalue weighted by molar-refractivity contribution is 0.354. The highest BCUT2D eigenvalue weighted by Gasteiger charge is 2.20. The largest absolute Gasteiger partial charge is 0.493 e. The average Bonchev–Trinajstić information content (AvgIpc) is 3.31. The molecule has 0 radical (unpaired) electrons. The summed E-state index contributed by atoms with van der Waals surface area (Å²) in [7, 11) is 6.72. The van der Waals surface area contributed by atoms with E-state index in [9.17, 15) is 0 Å². The van der Waals surface area contributed by atoms with Gasteiger partial charge in [-0.1, -0.05) is 23.3 Å². The molecule has 4 heteroatoms. The van der Waals surface area contributed by atoms with Crippen molar-refractivity contribution in [3.63, 3.8) is 0 Å². The summed E-state index contributed by atoms with van der Waals surface area (Å²) < 4.78 is 21.7. The number of hydrogen-bond acceptors (Lipinski definition) is 4. The molecule has 146 valence electrons. The Morgan fingerprint density at radius 3 is 1.29 bits per heavy atom. The van der Waals surface area contributed by atoms with Crippen LogP contribution in [0, 0.1) is 0 Å². The van der Waals surface area contributed by atoms with Crippen molar-refractivity contribution < 1.29 is 18.9 Å². The topological polar surface area (TPSA) is 36.9 Å². The van der Waals surface area contributed by atoms with Crippen molar-refractivity contribution in [1.82, 2.24) is 0 Å². The molecule has 0 fully saturated rings. The fourth-order valence-electron chi connectivity index (χ4n) is 4.12. The predicted octanol–water partition coefficient (Wildman–Crippen LogP) is 5.08. The third-order valence-corrected chi connectivity index (χ3v) is 5.61. The molecule has 0 atom stereocenters. The molecule has 2 aliphatic carbocycles.